The van der Waals surface area contributed by atoms with E-state index in [4.69, 9.17) is 5.73 Å². The fourth-order valence-corrected chi connectivity index (χ4v) is 4.68. The summed E-state index contributed by atoms with van der Waals surface area (Å²) in [6.45, 7) is 11.5. The first-order valence-electron chi connectivity index (χ1n) is 7.04. The molecular formula is C15H25BrN2S. The summed E-state index contributed by atoms with van der Waals surface area (Å²) in [5.74, 6) is 0.775. The van der Waals surface area contributed by atoms with Crippen LogP contribution in [0.15, 0.2) is 15.9 Å². The minimum atomic E-state index is 0.171. The van der Waals surface area contributed by atoms with Crippen molar-refractivity contribution in [1.82, 2.24) is 4.90 Å². The molecule has 0 aliphatic carbocycles. The molecule has 3 unspecified atom stereocenters. The van der Waals surface area contributed by atoms with Gasteiger partial charge in [-0.2, -0.15) is 0 Å². The van der Waals surface area contributed by atoms with Crippen molar-refractivity contribution in [2.75, 3.05) is 13.1 Å². The lowest BCUT2D eigenvalue weighted by atomic mass is 9.80. The third kappa shape index (κ3) is 3.60. The molecule has 1 fully saturated rings. The van der Waals surface area contributed by atoms with Gasteiger partial charge >= 0.3 is 0 Å². The van der Waals surface area contributed by atoms with Crippen LogP contribution in [0.2, 0.25) is 0 Å². The van der Waals surface area contributed by atoms with Crippen molar-refractivity contribution in [1.29, 1.82) is 0 Å². The molecular weight excluding hydrogens is 320 g/mol. The fourth-order valence-electron chi connectivity index (χ4n) is 3.01. The van der Waals surface area contributed by atoms with E-state index in [-0.39, 0.29) is 6.04 Å². The lowest BCUT2D eigenvalue weighted by molar-refractivity contribution is 0.182. The van der Waals surface area contributed by atoms with Crippen molar-refractivity contribution in [3.63, 3.8) is 0 Å². The van der Waals surface area contributed by atoms with E-state index < -0.39 is 0 Å². The predicted octanol–water partition coefficient (Wildman–Crippen LogP) is 4.27. The molecule has 2 rings (SSSR count). The van der Waals surface area contributed by atoms with Crippen molar-refractivity contribution < 1.29 is 0 Å². The number of hydrogen-bond donors (Lipinski definition) is 1. The molecule has 1 aromatic rings. The molecule has 3 atom stereocenters. The van der Waals surface area contributed by atoms with Crippen LogP contribution in [-0.4, -0.2) is 24.0 Å². The van der Waals surface area contributed by atoms with E-state index >= 15 is 0 Å². The molecule has 0 amide bonds. The van der Waals surface area contributed by atoms with Gasteiger partial charge in [-0.15, -0.1) is 11.3 Å². The Hall–Kier alpha value is 0.1000. The van der Waals surface area contributed by atoms with E-state index in [1.54, 1.807) is 0 Å². The van der Waals surface area contributed by atoms with Gasteiger partial charge in [0.15, 0.2) is 0 Å². The molecule has 1 aliphatic rings. The summed E-state index contributed by atoms with van der Waals surface area (Å²) < 4.78 is 1.19. The zero-order valence-electron chi connectivity index (χ0n) is 12.3. The average molecular weight is 345 g/mol. The van der Waals surface area contributed by atoms with Crippen molar-refractivity contribution in [2.24, 2.45) is 17.1 Å². The van der Waals surface area contributed by atoms with Crippen LogP contribution in [-0.2, 0) is 0 Å². The van der Waals surface area contributed by atoms with E-state index in [1.165, 1.54) is 28.2 Å². The van der Waals surface area contributed by atoms with Crippen molar-refractivity contribution >= 4 is 27.3 Å². The fraction of sp³-hybridized carbons (Fsp3) is 0.733. The highest BCUT2D eigenvalue weighted by Gasteiger charge is 2.36. The molecule has 0 bridgehead atoms. The maximum Gasteiger partial charge on any atom is 0.0702 e. The second-order valence-electron chi connectivity index (χ2n) is 6.79. The van der Waals surface area contributed by atoms with Gasteiger partial charge in [-0.3, -0.25) is 4.90 Å². The Morgan fingerprint density at radius 3 is 2.53 bits per heavy atom. The topological polar surface area (TPSA) is 29.3 Å². The van der Waals surface area contributed by atoms with E-state index in [0.717, 1.165) is 5.92 Å². The zero-order chi connectivity index (χ0) is 14.2. The summed E-state index contributed by atoms with van der Waals surface area (Å²) in [6, 6.07) is 4.88. The third-order valence-corrected chi connectivity index (χ3v) is 5.92. The third-order valence-electron chi connectivity index (χ3n) is 4.22. The highest BCUT2D eigenvalue weighted by Crippen LogP contribution is 2.39. The Morgan fingerprint density at radius 2 is 2.11 bits per heavy atom. The monoisotopic (exact) mass is 344 g/mol. The lowest BCUT2D eigenvalue weighted by Gasteiger charge is -2.32. The van der Waals surface area contributed by atoms with Crippen molar-refractivity contribution in [3.8, 4) is 0 Å². The maximum absolute atomic E-state index is 6.26. The van der Waals surface area contributed by atoms with E-state index in [2.05, 4.69) is 60.7 Å². The summed E-state index contributed by atoms with van der Waals surface area (Å²) >= 11 is 5.38. The molecule has 0 spiro atoms. The Labute approximate surface area is 129 Å². The Balaban J connectivity index is 2.14. The van der Waals surface area contributed by atoms with Gasteiger partial charge < -0.3 is 5.73 Å². The lowest BCUT2D eigenvalue weighted by Crippen LogP contribution is -2.38. The van der Waals surface area contributed by atoms with E-state index in [1.807, 2.05) is 11.3 Å². The van der Waals surface area contributed by atoms with Crippen LogP contribution in [0.3, 0.4) is 0 Å². The van der Waals surface area contributed by atoms with Gasteiger partial charge in [0, 0.05) is 17.5 Å². The van der Waals surface area contributed by atoms with Crippen LogP contribution in [0.1, 0.15) is 45.0 Å². The van der Waals surface area contributed by atoms with Gasteiger partial charge in [0.2, 0.25) is 0 Å². The van der Waals surface area contributed by atoms with Crippen LogP contribution < -0.4 is 5.73 Å². The van der Waals surface area contributed by atoms with Gasteiger partial charge in [-0.25, -0.2) is 0 Å². The van der Waals surface area contributed by atoms with Gasteiger partial charge in [0.1, 0.15) is 0 Å². The molecule has 1 aliphatic heterocycles. The van der Waals surface area contributed by atoms with E-state index in [9.17, 15) is 0 Å². The summed E-state index contributed by atoms with van der Waals surface area (Å²) in [5, 5.41) is 0. The van der Waals surface area contributed by atoms with Crippen LogP contribution in [0.4, 0.5) is 0 Å². The minimum absolute atomic E-state index is 0.171. The van der Waals surface area contributed by atoms with Crippen LogP contribution in [0.5, 0.6) is 0 Å². The maximum atomic E-state index is 6.26. The molecule has 108 valence electrons. The molecule has 1 saturated heterocycles. The SMILES string of the molecule is CC(N)C(c1ccc(Br)s1)N1CCC(C(C)(C)C)C1. The second kappa shape index (κ2) is 5.84. The largest absolute Gasteiger partial charge is 0.326 e. The van der Waals surface area contributed by atoms with E-state index in [0.29, 0.717) is 11.5 Å². The normalized spacial score (nSPS) is 24.6. The summed E-state index contributed by atoms with van der Waals surface area (Å²) in [5.41, 5.74) is 6.66. The standard InChI is InChI=1S/C15H25BrN2S/c1-10(17)14(12-5-6-13(16)19-12)18-8-7-11(9-18)15(2,3)4/h5-6,10-11,14H,7-9,17H2,1-4H3. The van der Waals surface area contributed by atoms with Crippen LogP contribution in [0, 0.1) is 11.3 Å². The number of rotatable bonds is 3. The number of halogens is 1. The number of likely N-dealkylation sites (tertiary alicyclic amines) is 1. The van der Waals surface area contributed by atoms with Crippen LogP contribution in [0.25, 0.3) is 0 Å². The number of nitrogens with zero attached hydrogens (tertiary/aromatic N) is 1. The van der Waals surface area contributed by atoms with Gasteiger partial charge in [-0.05, 0) is 59.3 Å². The number of nitrogens with two attached hydrogens (primary N) is 1. The smallest absolute Gasteiger partial charge is 0.0702 e. The number of thiophene rings is 1. The molecule has 0 saturated carbocycles. The Bertz CT molecular complexity index is 422. The van der Waals surface area contributed by atoms with Gasteiger partial charge in [0.25, 0.3) is 0 Å². The quantitative estimate of drug-likeness (QED) is 0.887. The molecule has 2 nitrogen and oxygen atoms in total. The molecule has 2 N–H and O–H groups in total. The molecule has 0 aromatic carbocycles. The van der Waals surface area contributed by atoms with Crippen molar-refractivity contribution in [3.05, 3.63) is 20.8 Å². The predicted molar refractivity (Wildman–Crippen MR) is 87.5 cm³/mol. The van der Waals surface area contributed by atoms with Crippen LogP contribution >= 0.6 is 27.3 Å². The minimum Gasteiger partial charge on any atom is -0.326 e. The molecule has 19 heavy (non-hydrogen) atoms. The Kier molecular flexibility index (Phi) is 4.76. The first kappa shape index (κ1) is 15.5. The second-order valence-corrected chi connectivity index (χ2v) is 9.29. The molecule has 0 radical (unpaired) electrons. The number of hydrogen-bond acceptors (Lipinski definition) is 3. The highest BCUT2D eigenvalue weighted by atomic mass is 79.9. The zero-order valence-corrected chi connectivity index (χ0v) is 14.7. The molecule has 4 heteroatoms. The highest BCUT2D eigenvalue weighted by molar-refractivity contribution is 9.11. The van der Waals surface area contributed by atoms with Crippen molar-refractivity contribution in [2.45, 2.75) is 46.2 Å². The summed E-state index contributed by atoms with van der Waals surface area (Å²) in [6.07, 6.45) is 1.29. The average Bonchev–Trinajstić information content (AvgIpc) is 2.87. The molecule has 2 heterocycles. The molecule has 1 aromatic heterocycles. The van der Waals surface area contributed by atoms with Gasteiger partial charge in [0.05, 0.1) is 9.83 Å². The summed E-state index contributed by atoms with van der Waals surface area (Å²) in [4.78, 5) is 3.97. The Morgan fingerprint density at radius 1 is 1.42 bits per heavy atom. The van der Waals surface area contributed by atoms with Gasteiger partial charge in [-0.1, -0.05) is 20.8 Å². The first-order chi connectivity index (χ1) is 8.79. The first-order valence-corrected chi connectivity index (χ1v) is 8.65. The summed E-state index contributed by atoms with van der Waals surface area (Å²) in [7, 11) is 0.